The van der Waals surface area contributed by atoms with Gasteiger partial charge in [-0.3, -0.25) is 4.21 Å². The van der Waals surface area contributed by atoms with E-state index >= 15 is 0 Å². The molecule has 0 bridgehead atoms. The van der Waals surface area contributed by atoms with Crippen LogP contribution in [-0.2, 0) is 15.5 Å². The van der Waals surface area contributed by atoms with Gasteiger partial charge in [0.15, 0.2) is 4.34 Å². The maximum absolute atomic E-state index is 12.8. The molecule has 0 radical (unpaired) electrons. The molecule has 2 aromatic rings. The van der Waals surface area contributed by atoms with E-state index in [4.69, 9.17) is 4.74 Å². The monoisotopic (exact) mass is 366 g/mol. The van der Waals surface area contributed by atoms with Gasteiger partial charge in [-0.05, 0) is 45.7 Å². The van der Waals surface area contributed by atoms with Crippen molar-refractivity contribution in [3.8, 4) is 0 Å². The largest absolute Gasteiger partial charge is 0.444 e. The third-order valence-electron chi connectivity index (χ3n) is 3.84. The molecule has 5 nitrogen and oxygen atoms in total. The maximum Gasteiger partial charge on any atom is 0.410 e. The highest BCUT2D eigenvalue weighted by Crippen LogP contribution is 2.28. The summed E-state index contributed by atoms with van der Waals surface area (Å²) in [7, 11) is -1.12. The van der Waals surface area contributed by atoms with E-state index in [1.807, 2.05) is 45.0 Å². The minimum absolute atomic E-state index is 0.0456. The van der Waals surface area contributed by atoms with E-state index in [0.29, 0.717) is 30.3 Å². The van der Waals surface area contributed by atoms with Gasteiger partial charge < -0.3 is 9.64 Å². The number of likely N-dealkylation sites (tertiary alicyclic amines) is 1. The molecule has 1 amide bonds. The first-order valence-corrected chi connectivity index (χ1v) is 10.1. The van der Waals surface area contributed by atoms with Crippen LogP contribution in [0.5, 0.6) is 0 Å². The van der Waals surface area contributed by atoms with Crippen LogP contribution in [0.4, 0.5) is 4.79 Å². The molecule has 1 aliphatic heterocycles. The smallest absolute Gasteiger partial charge is 0.410 e. The normalized spacial score (nSPS) is 17.9. The molecule has 0 N–H and O–H groups in total. The average molecular weight is 367 g/mol. The van der Waals surface area contributed by atoms with Crippen molar-refractivity contribution in [2.24, 2.45) is 0 Å². The van der Waals surface area contributed by atoms with Gasteiger partial charge in [0, 0.05) is 18.3 Å². The topological polar surface area (TPSA) is 59.5 Å². The molecule has 130 valence electrons. The summed E-state index contributed by atoms with van der Waals surface area (Å²) in [6, 6.07) is 7.84. The van der Waals surface area contributed by atoms with Crippen LogP contribution < -0.4 is 0 Å². The van der Waals surface area contributed by atoms with Crippen molar-refractivity contribution in [3.63, 3.8) is 0 Å². The number of aromatic nitrogens is 1. The Bertz CT molecular complexity index is 726. The van der Waals surface area contributed by atoms with Crippen LogP contribution in [0.1, 0.15) is 33.6 Å². The Kier molecular flexibility index (Phi) is 4.92. The van der Waals surface area contributed by atoms with Gasteiger partial charge in [0.1, 0.15) is 5.60 Å². The first-order chi connectivity index (χ1) is 11.3. The summed E-state index contributed by atoms with van der Waals surface area (Å²) in [4.78, 5) is 18.3. The quantitative estimate of drug-likeness (QED) is 0.811. The van der Waals surface area contributed by atoms with Crippen LogP contribution in [0.25, 0.3) is 10.2 Å². The van der Waals surface area contributed by atoms with E-state index in [0.717, 1.165) is 10.2 Å². The lowest BCUT2D eigenvalue weighted by Gasteiger charge is -2.32. The first-order valence-electron chi connectivity index (χ1n) is 8.07. The van der Waals surface area contributed by atoms with Crippen molar-refractivity contribution in [2.75, 3.05) is 13.1 Å². The summed E-state index contributed by atoms with van der Waals surface area (Å²) in [5.41, 5.74) is 0.412. The minimum Gasteiger partial charge on any atom is -0.444 e. The number of piperidine rings is 1. The van der Waals surface area contributed by atoms with E-state index in [9.17, 15) is 9.00 Å². The van der Waals surface area contributed by atoms with Crippen LogP contribution in [0, 0.1) is 0 Å². The molecule has 24 heavy (non-hydrogen) atoms. The van der Waals surface area contributed by atoms with Crippen LogP contribution in [-0.4, -0.2) is 44.1 Å². The van der Waals surface area contributed by atoms with E-state index in [2.05, 4.69) is 4.98 Å². The minimum atomic E-state index is -1.12. The number of carbonyl (C=O) groups is 1. The van der Waals surface area contributed by atoms with Gasteiger partial charge in [-0.1, -0.05) is 12.1 Å². The Balaban J connectivity index is 1.62. The fraction of sp³-hybridized carbons (Fsp3) is 0.529. The highest BCUT2D eigenvalue weighted by Gasteiger charge is 2.30. The molecule has 1 aliphatic rings. The number of hydrogen-bond donors (Lipinski definition) is 0. The van der Waals surface area contributed by atoms with Crippen LogP contribution >= 0.6 is 11.3 Å². The number of carbonyl (C=O) groups excluding carboxylic acids is 1. The number of rotatable bonds is 2. The summed E-state index contributed by atoms with van der Waals surface area (Å²) in [6.45, 7) is 6.74. The first kappa shape index (κ1) is 17.4. The van der Waals surface area contributed by atoms with Crippen LogP contribution in [0.3, 0.4) is 0 Å². The van der Waals surface area contributed by atoms with Crippen molar-refractivity contribution < 1.29 is 13.7 Å². The molecular weight excluding hydrogens is 344 g/mol. The van der Waals surface area contributed by atoms with Crippen LogP contribution in [0.2, 0.25) is 0 Å². The van der Waals surface area contributed by atoms with Gasteiger partial charge in [0.2, 0.25) is 0 Å². The Morgan fingerprint density at radius 2 is 1.96 bits per heavy atom. The lowest BCUT2D eigenvalue weighted by Crippen LogP contribution is -2.43. The molecular formula is C17H22N2O3S2. The number of thiazole rings is 1. The van der Waals surface area contributed by atoms with Crippen molar-refractivity contribution >= 4 is 38.4 Å². The van der Waals surface area contributed by atoms with Crippen LogP contribution in [0.15, 0.2) is 28.6 Å². The standard InChI is InChI=1S/C17H22N2O3S2/c1-17(2,3)22-16(20)19-10-8-12(9-11-19)24(21)15-18-13-6-4-5-7-14(13)23-15/h4-7,12H,8-11H2,1-3H3/t24-/m0/s1. The highest BCUT2D eigenvalue weighted by atomic mass is 32.2. The summed E-state index contributed by atoms with van der Waals surface area (Å²) >= 11 is 1.50. The van der Waals surface area contributed by atoms with Crippen molar-refractivity contribution in [1.82, 2.24) is 9.88 Å². The fourth-order valence-electron chi connectivity index (χ4n) is 2.66. The number of fused-ring (bicyclic) bond motifs is 1. The average Bonchev–Trinajstić information content (AvgIpc) is 2.96. The molecule has 3 rings (SSSR count). The van der Waals surface area contributed by atoms with Crippen molar-refractivity contribution in [3.05, 3.63) is 24.3 Å². The molecule has 1 fully saturated rings. The summed E-state index contributed by atoms with van der Waals surface area (Å²) < 4.78 is 19.9. The van der Waals surface area contributed by atoms with Gasteiger partial charge in [-0.2, -0.15) is 0 Å². The zero-order valence-electron chi connectivity index (χ0n) is 14.2. The molecule has 1 atom stereocenters. The lowest BCUT2D eigenvalue weighted by atomic mass is 10.1. The van der Waals surface area contributed by atoms with Crippen molar-refractivity contribution in [2.45, 2.75) is 48.8 Å². The number of amides is 1. The van der Waals surface area contributed by atoms with Gasteiger partial charge in [0.25, 0.3) is 0 Å². The molecule has 1 aromatic heterocycles. The second kappa shape index (κ2) is 6.80. The SMILES string of the molecule is CC(C)(C)OC(=O)N1CCC([S@](=O)c2nc3ccccc3s2)CC1. The molecule has 1 saturated heterocycles. The third-order valence-corrected chi connectivity index (χ3v) is 6.93. The molecule has 0 unspecified atom stereocenters. The zero-order valence-corrected chi connectivity index (χ0v) is 15.8. The van der Waals surface area contributed by atoms with Crippen molar-refractivity contribution in [1.29, 1.82) is 0 Å². The van der Waals surface area contributed by atoms with E-state index in [1.54, 1.807) is 4.90 Å². The Labute approximate surface area is 148 Å². The predicted octanol–water partition coefficient (Wildman–Crippen LogP) is 3.80. The van der Waals surface area contributed by atoms with Gasteiger partial charge in [-0.15, -0.1) is 11.3 Å². The maximum atomic E-state index is 12.8. The second-order valence-corrected chi connectivity index (χ2v) is 9.85. The summed E-state index contributed by atoms with van der Waals surface area (Å²) in [6.07, 6.45) is 1.13. The van der Waals surface area contributed by atoms with E-state index in [1.165, 1.54) is 11.3 Å². The number of nitrogens with zero attached hydrogens (tertiary/aromatic N) is 2. The van der Waals surface area contributed by atoms with E-state index in [-0.39, 0.29) is 11.3 Å². The zero-order chi connectivity index (χ0) is 17.3. The van der Waals surface area contributed by atoms with Gasteiger partial charge in [0.05, 0.1) is 21.0 Å². The molecule has 1 aromatic carbocycles. The number of hydrogen-bond acceptors (Lipinski definition) is 5. The Hall–Kier alpha value is -1.47. The Morgan fingerprint density at radius 3 is 2.58 bits per heavy atom. The molecule has 0 spiro atoms. The molecule has 7 heteroatoms. The van der Waals surface area contributed by atoms with Gasteiger partial charge in [-0.25, -0.2) is 9.78 Å². The third kappa shape index (κ3) is 3.95. The highest BCUT2D eigenvalue weighted by molar-refractivity contribution is 7.88. The number of benzene rings is 1. The summed E-state index contributed by atoms with van der Waals surface area (Å²) in [5, 5.41) is 0.0456. The number of ether oxygens (including phenoxy) is 1. The molecule has 2 heterocycles. The number of para-hydroxylation sites is 1. The van der Waals surface area contributed by atoms with Gasteiger partial charge >= 0.3 is 6.09 Å². The summed E-state index contributed by atoms with van der Waals surface area (Å²) in [5.74, 6) is 0. The fourth-order valence-corrected chi connectivity index (χ4v) is 5.47. The predicted molar refractivity (Wildman–Crippen MR) is 96.9 cm³/mol. The molecule has 0 aliphatic carbocycles. The van der Waals surface area contributed by atoms with E-state index < -0.39 is 16.4 Å². The second-order valence-electron chi connectivity index (χ2n) is 6.91. The lowest BCUT2D eigenvalue weighted by molar-refractivity contribution is 0.0218. The Morgan fingerprint density at radius 1 is 1.29 bits per heavy atom. The molecule has 0 saturated carbocycles.